The molecule has 0 unspecified atom stereocenters. The number of sulfonamides is 1. The van der Waals surface area contributed by atoms with Crippen molar-refractivity contribution in [2.75, 3.05) is 6.54 Å². The second kappa shape index (κ2) is 14.8. The maximum atomic E-state index is 12.9. The minimum Gasteiger partial charge on any atom is -0.744 e. The Labute approximate surface area is 286 Å². The standard InChI is InChI=1S/C27H24F3N3O5S.C7H8O3S/c1-3-24-31-22-16-19(25(34)27(28,29)30)8-13-23(22)33(24)20-9-6-18(7-10-20)14-15-32(26(35)36)39(37,38)21-11-4-17(2)5-12-21;1-6-2-4-7(5-3-6)11(8,9)10/h4-13,16H,3,14-15H2,1-2H3,(H,35,36);2-5H,1H3,(H,8,9,10)/p-2. The fourth-order valence-electron chi connectivity index (χ4n) is 4.85. The van der Waals surface area contributed by atoms with Crippen LogP contribution in [0.25, 0.3) is 16.7 Å². The molecule has 16 heteroatoms. The number of amides is 1. The van der Waals surface area contributed by atoms with Gasteiger partial charge in [0.15, 0.2) is 6.09 Å². The van der Waals surface area contributed by atoms with Crippen LogP contribution in [0.4, 0.5) is 18.0 Å². The Morgan fingerprint density at radius 1 is 0.820 bits per heavy atom. The van der Waals surface area contributed by atoms with Crippen molar-refractivity contribution in [1.82, 2.24) is 13.9 Å². The van der Waals surface area contributed by atoms with Gasteiger partial charge in [-0.05, 0) is 80.4 Å². The third-order valence-corrected chi connectivity index (χ3v) is 10.1. The number of carboxylic acid groups (broad SMARTS) is 1. The first kappa shape index (κ1) is 37.8. The average molecular weight is 730 g/mol. The van der Waals surface area contributed by atoms with E-state index in [1.165, 1.54) is 30.3 Å². The van der Waals surface area contributed by atoms with Crippen molar-refractivity contribution >= 4 is 43.1 Å². The zero-order chi connectivity index (χ0) is 37.0. The van der Waals surface area contributed by atoms with Crippen molar-refractivity contribution in [3.8, 4) is 5.69 Å². The van der Waals surface area contributed by atoms with Gasteiger partial charge in [0, 0.05) is 24.2 Å². The van der Waals surface area contributed by atoms with Crippen molar-refractivity contribution < 1.29 is 49.3 Å². The second-order valence-corrected chi connectivity index (χ2v) is 14.3. The Bertz CT molecular complexity index is 2230. The summed E-state index contributed by atoms with van der Waals surface area (Å²) in [5.74, 6) is -1.39. The molecular weight excluding hydrogens is 700 g/mol. The number of hydrogen-bond acceptors (Lipinski definition) is 9. The van der Waals surface area contributed by atoms with Crippen LogP contribution in [0.1, 0.15) is 39.8 Å². The summed E-state index contributed by atoms with van der Waals surface area (Å²) < 4.78 is 97.5. The molecular formula is C34H30F3N3O8S2-2. The van der Waals surface area contributed by atoms with Gasteiger partial charge in [-0.3, -0.25) is 13.7 Å². The lowest BCUT2D eigenvalue weighted by atomic mass is 10.1. The molecule has 0 aliphatic heterocycles. The first-order valence-corrected chi connectivity index (χ1v) is 17.7. The first-order chi connectivity index (χ1) is 23.3. The highest BCUT2D eigenvalue weighted by molar-refractivity contribution is 7.89. The molecule has 1 amide bonds. The fraction of sp³-hybridized carbons (Fsp3) is 0.206. The molecule has 0 spiro atoms. The number of imidazole rings is 1. The molecule has 0 bridgehead atoms. The van der Waals surface area contributed by atoms with Crippen LogP contribution in [0.5, 0.6) is 0 Å². The van der Waals surface area contributed by atoms with Crippen molar-refractivity contribution in [1.29, 1.82) is 0 Å². The molecule has 1 aromatic heterocycles. The Kier molecular flexibility index (Phi) is 11.2. The number of carbonyl (C=O) groups is 2. The number of ketones is 1. The lowest BCUT2D eigenvalue weighted by molar-refractivity contribution is -0.259. The van der Waals surface area contributed by atoms with E-state index in [0.29, 0.717) is 33.3 Å². The molecule has 0 fully saturated rings. The van der Waals surface area contributed by atoms with E-state index < -0.39 is 43.8 Å². The van der Waals surface area contributed by atoms with Gasteiger partial charge in [0.2, 0.25) is 0 Å². The van der Waals surface area contributed by atoms with E-state index in [2.05, 4.69) is 4.98 Å². The molecule has 0 radical (unpaired) electrons. The summed E-state index contributed by atoms with van der Waals surface area (Å²) in [4.78, 5) is 27.4. The zero-order valence-corrected chi connectivity index (χ0v) is 28.5. The molecule has 0 atom stereocenters. The van der Waals surface area contributed by atoms with Gasteiger partial charge in [-0.25, -0.2) is 21.8 Å². The summed E-state index contributed by atoms with van der Waals surface area (Å²) in [6.45, 7) is 5.07. The van der Waals surface area contributed by atoms with E-state index in [1.54, 1.807) is 60.0 Å². The number of rotatable bonds is 9. The summed E-state index contributed by atoms with van der Waals surface area (Å²) in [6.07, 6.45) is -6.30. The third-order valence-electron chi connectivity index (χ3n) is 7.48. The number of halogens is 3. The molecule has 0 saturated heterocycles. The van der Waals surface area contributed by atoms with Crippen LogP contribution in [0.2, 0.25) is 0 Å². The number of Topliss-reactive ketones (excluding diaryl/α,β-unsaturated/α-hetero) is 1. The highest BCUT2D eigenvalue weighted by Crippen LogP contribution is 2.27. The number of fused-ring (bicyclic) bond motifs is 1. The summed E-state index contributed by atoms with van der Waals surface area (Å²) in [5.41, 5.74) is 3.26. The van der Waals surface area contributed by atoms with Gasteiger partial charge in [0.05, 0.1) is 20.8 Å². The molecule has 1 heterocycles. The van der Waals surface area contributed by atoms with Gasteiger partial charge in [0.25, 0.3) is 15.8 Å². The molecule has 0 saturated carbocycles. The molecule has 50 heavy (non-hydrogen) atoms. The van der Waals surface area contributed by atoms with Crippen LogP contribution in [0.15, 0.2) is 101 Å². The van der Waals surface area contributed by atoms with Crippen molar-refractivity contribution in [3.05, 3.63) is 119 Å². The van der Waals surface area contributed by atoms with Gasteiger partial charge in [-0.1, -0.05) is 54.4 Å². The van der Waals surface area contributed by atoms with Gasteiger partial charge in [-0.15, -0.1) is 0 Å². The van der Waals surface area contributed by atoms with Crippen molar-refractivity contribution in [3.63, 3.8) is 0 Å². The minimum atomic E-state index is -4.99. The Hall–Kier alpha value is -5.06. The fourth-order valence-corrected chi connectivity index (χ4v) is 6.59. The molecule has 0 aliphatic rings. The van der Waals surface area contributed by atoms with Crippen LogP contribution in [-0.2, 0) is 33.0 Å². The topological polar surface area (TPSA) is 170 Å². The summed E-state index contributed by atoms with van der Waals surface area (Å²) in [5, 5.41) is 11.7. The average Bonchev–Trinajstić information content (AvgIpc) is 3.42. The van der Waals surface area contributed by atoms with E-state index in [1.807, 2.05) is 13.8 Å². The number of hydrogen-bond donors (Lipinski definition) is 0. The highest BCUT2D eigenvalue weighted by atomic mass is 32.2. The largest absolute Gasteiger partial charge is 0.744 e. The minimum absolute atomic E-state index is 0.0770. The molecule has 5 rings (SSSR count). The molecule has 264 valence electrons. The molecule has 4 aromatic carbocycles. The van der Waals surface area contributed by atoms with Crippen LogP contribution in [0.3, 0.4) is 0 Å². The predicted molar refractivity (Wildman–Crippen MR) is 174 cm³/mol. The normalized spacial score (nSPS) is 11.9. The van der Waals surface area contributed by atoms with Gasteiger partial charge in [0.1, 0.15) is 15.9 Å². The lowest BCUT2D eigenvalue weighted by Gasteiger charge is -2.24. The van der Waals surface area contributed by atoms with Crippen LogP contribution in [0, 0.1) is 13.8 Å². The first-order valence-electron chi connectivity index (χ1n) is 14.9. The van der Waals surface area contributed by atoms with Gasteiger partial charge >= 0.3 is 6.18 Å². The van der Waals surface area contributed by atoms with Crippen LogP contribution >= 0.6 is 0 Å². The zero-order valence-electron chi connectivity index (χ0n) is 26.8. The SMILES string of the molecule is CCc1nc2cc(C(=O)C(F)(F)F)ccc2n1-c1ccc(CCN(C(=O)[O-])S(=O)(=O)c2ccc(C)cc2)cc1.Cc1ccc(S(=O)(=O)[O-])cc1. The third kappa shape index (κ3) is 8.74. The number of aryl methyl sites for hydroxylation is 3. The van der Waals surface area contributed by atoms with E-state index in [-0.39, 0.29) is 28.3 Å². The number of aromatic nitrogens is 2. The van der Waals surface area contributed by atoms with E-state index in [4.69, 9.17) is 0 Å². The highest BCUT2D eigenvalue weighted by Gasteiger charge is 2.39. The van der Waals surface area contributed by atoms with E-state index in [0.717, 1.165) is 23.3 Å². The van der Waals surface area contributed by atoms with Gasteiger partial charge < -0.3 is 14.5 Å². The molecule has 11 nitrogen and oxygen atoms in total. The Morgan fingerprint density at radius 3 is 1.84 bits per heavy atom. The number of benzene rings is 4. The molecule has 0 aliphatic carbocycles. The molecule has 5 aromatic rings. The van der Waals surface area contributed by atoms with Crippen LogP contribution in [-0.4, -0.2) is 59.8 Å². The van der Waals surface area contributed by atoms with E-state index >= 15 is 0 Å². The van der Waals surface area contributed by atoms with E-state index in [9.17, 15) is 49.3 Å². The quantitative estimate of drug-likeness (QED) is 0.148. The maximum Gasteiger partial charge on any atom is 0.454 e. The Morgan fingerprint density at radius 2 is 1.36 bits per heavy atom. The lowest BCUT2D eigenvalue weighted by Crippen LogP contribution is -2.45. The second-order valence-electron chi connectivity index (χ2n) is 11.1. The van der Waals surface area contributed by atoms with Crippen molar-refractivity contribution in [2.45, 2.75) is 49.6 Å². The van der Waals surface area contributed by atoms with Crippen molar-refractivity contribution in [2.24, 2.45) is 0 Å². The predicted octanol–water partition coefficient (Wildman–Crippen LogP) is 5.12. The monoisotopic (exact) mass is 729 g/mol. The van der Waals surface area contributed by atoms with Crippen LogP contribution < -0.4 is 5.11 Å². The number of carbonyl (C=O) groups excluding carboxylic acids is 2. The maximum absolute atomic E-state index is 12.9. The number of alkyl halides is 3. The summed E-state index contributed by atoms with van der Waals surface area (Å²) in [6, 6.07) is 22.0. The summed E-state index contributed by atoms with van der Waals surface area (Å²) >= 11 is 0. The molecule has 0 N–H and O–H groups in total. The Balaban J connectivity index is 0.000000435. The van der Waals surface area contributed by atoms with Gasteiger partial charge in [-0.2, -0.15) is 13.2 Å². The number of nitrogens with zero attached hydrogens (tertiary/aromatic N) is 3. The smallest absolute Gasteiger partial charge is 0.454 e. The summed E-state index contributed by atoms with van der Waals surface area (Å²) in [7, 11) is -8.59.